The van der Waals surface area contributed by atoms with Gasteiger partial charge in [-0.3, -0.25) is 4.79 Å². The van der Waals surface area contributed by atoms with Crippen molar-refractivity contribution in [3.8, 4) is 22.8 Å². The molecule has 2 fully saturated rings. The Morgan fingerprint density at radius 2 is 1.74 bits per heavy atom. The van der Waals surface area contributed by atoms with E-state index in [1.807, 2.05) is 30.3 Å². The van der Waals surface area contributed by atoms with Gasteiger partial charge in [0, 0.05) is 58.7 Å². The predicted octanol–water partition coefficient (Wildman–Crippen LogP) is 6.09. The van der Waals surface area contributed by atoms with Crippen molar-refractivity contribution in [2.45, 2.75) is 56.1 Å². The number of hydrogen-bond donors (Lipinski definition) is 1. The Balaban J connectivity index is 0.00000372. The molecule has 1 amide bonds. The van der Waals surface area contributed by atoms with Crippen LogP contribution in [0.2, 0.25) is 0 Å². The number of carbonyl (C=O) groups excluding carboxylic acids is 1. The first-order chi connectivity index (χ1) is 21.8. The van der Waals surface area contributed by atoms with E-state index in [1.165, 1.54) is 36.5 Å². The number of primary amides is 1. The van der Waals surface area contributed by atoms with Crippen LogP contribution < -0.4 is 20.1 Å². The van der Waals surface area contributed by atoms with Crippen molar-refractivity contribution in [3.63, 3.8) is 0 Å². The molecule has 2 aliphatic heterocycles. The Morgan fingerprint density at radius 1 is 0.957 bits per heavy atom. The number of carbonyl (C=O) groups is 1. The van der Waals surface area contributed by atoms with Crippen LogP contribution in [0.15, 0.2) is 59.5 Å². The number of aromatic nitrogens is 1. The van der Waals surface area contributed by atoms with Crippen LogP contribution in [0.3, 0.4) is 0 Å². The maximum atomic E-state index is 12.4. The van der Waals surface area contributed by atoms with Crippen LogP contribution >= 0.6 is 12.4 Å². The molecule has 1 saturated heterocycles. The molecule has 7 rings (SSSR count). The van der Waals surface area contributed by atoms with Gasteiger partial charge in [0.05, 0.1) is 30.3 Å². The molecule has 3 heterocycles. The van der Waals surface area contributed by atoms with E-state index in [0.717, 1.165) is 59.7 Å². The van der Waals surface area contributed by atoms with Gasteiger partial charge >= 0.3 is 0 Å². The molecule has 4 aromatic rings. The average Bonchev–Trinajstić information content (AvgIpc) is 3.25. The summed E-state index contributed by atoms with van der Waals surface area (Å²) in [5.41, 5.74) is 12.4. The number of hydrogen-bond acceptors (Lipinski definition) is 7. The second-order valence-electron chi connectivity index (χ2n) is 12.3. The molecule has 3 aromatic carbocycles. The molecule has 0 unspecified atom stereocenters. The van der Waals surface area contributed by atoms with E-state index in [9.17, 15) is 13.2 Å². The Bertz CT molecular complexity index is 1880. The molecule has 3 aliphatic rings. The van der Waals surface area contributed by atoms with E-state index in [-0.39, 0.29) is 23.9 Å². The van der Waals surface area contributed by atoms with Crippen LogP contribution in [0.4, 0.5) is 5.69 Å². The Hall–Kier alpha value is -3.73. The smallest absolute Gasteiger partial charge is 0.248 e. The first kappa shape index (κ1) is 32.2. The van der Waals surface area contributed by atoms with Gasteiger partial charge in [-0.2, -0.15) is 0 Å². The van der Waals surface area contributed by atoms with Crippen molar-refractivity contribution in [1.29, 1.82) is 0 Å². The lowest BCUT2D eigenvalue weighted by molar-refractivity contribution is 0.100. The lowest BCUT2D eigenvalue weighted by atomic mass is 9.81. The van der Waals surface area contributed by atoms with Crippen LogP contribution in [0.1, 0.15) is 59.5 Å². The van der Waals surface area contributed by atoms with E-state index in [4.69, 9.17) is 19.9 Å². The zero-order valence-corrected chi connectivity index (χ0v) is 27.6. The van der Waals surface area contributed by atoms with Gasteiger partial charge in [-0.1, -0.05) is 25.3 Å². The number of halogens is 1. The third-order valence-corrected chi connectivity index (χ3v) is 10.5. The van der Waals surface area contributed by atoms with Gasteiger partial charge in [0.2, 0.25) is 5.91 Å². The zero-order valence-electron chi connectivity index (χ0n) is 26.0. The summed E-state index contributed by atoms with van der Waals surface area (Å²) in [6.07, 6.45) is 7.18. The molecule has 1 aliphatic carbocycles. The van der Waals surface area contributed by atoms with Crippen LogP contribution in [-0.2, 0) is 27.7 Å². The first-order valence-electron chi connectivity index (χ1n) is 15.8. The van der Waals surface area contributed by atoms with Crippen molar-refractivity contribution < 1.29 is 27.4 Å². The number of fused-ring (bicyclic) bond motifs is 5. The van der Waals surface area contributed by atoms with Crippen molar-refractivity contribution in [2.75, 3.05) is 44.1 Å². The van der Waals surface area contributed by atoms with Crippen molar-refractivity contribution >= 4 is 44.7 Å². The minimum atomic E-state index is -3.38. The lowest BCUT2D eigenvalue weighted by Crippen LogP contribution is -2.36. The van der Waals surface area contributed by atoms with Gasteiger partial charge in [-0.25, -0.2) is 8.42 Å². The molecule has 0 bridgehead atoms. The largest absolute Gasteiger partial charge is 0.491 e. The molecule has 1 saturated carbocycles. The van der Waals surface area contributed by atoms with Crippen LogP contribution in [0.25, 0.3) is 22.2 Å². The SMILES string of the molecule is CS(=O)(=O)c1ccc(N2CCOCC2)c(COc2ccc3c(c2)OCCn2c-3c(C3CCCCC3)c3ccc(C(N)=O)cc32)c1.Cl. The van der Waals surface area contributed by atoms with E-state index in [1.54, 1.807) is 12.1 Å². The number of amides is 1. The second-order valence-corrected chi connectivity index (χ2v) is 14.3. The van der Waals surface area contributed by atoms with Gasteiger partial charge in [-0.15, -0.1) is 12.4 Å². The fourth-order valence-corrected chi connectivity index (χ4v) is 7.86. The summed E-state index contributed by atoms with van der Waals surface area (Å²) in [5.74, 6) is 1.39. The maximum Gasteiger partial charge on any atom is 0.248 e. The average molecular weight is 666 g/mol. The number of sulfone groups is 1. The van der Waals surface area contributed by atoms with E-state index >= 15 is 0 Å². The molecule has 244 valence electrons. The molecule has 2 N–H and O–H groups in total. The van der Waals surface area contributed by atoms with Crippen molar-refractivity contribution in [1.82, 2.24) is 4.57 Å². The predicted molar refractivity (Wildman–Crippen MR) is 181 cm³/mol. The molecular formula is C35H40ClN3O6S. The minimum absolute atomic E-state index is 0. The van der Waals surface area contributed by atoms with Crippen LogP contribution in [0.5, 0.6) is 11.5 Å². The topological polar surface area (TPSA) is 113 Å². The highest BCUT2D eigenvalue weighted by molar-refractivity contribution is 7.90. The van der Waals surface area contributed by atoms with E-state index in [2.05, 4.69) is 21.6 Å². The molecule has 0 atom stereocenters. The van der Waals surface area contributed by atoms with E-state index < -0.39 is 15.7 Å². The highest BCUT2D eigenvalue weighted by atomic mass is 35.5. The number of rotatable bonds is 7. The van der Waals surface area contributed by atoms with E-state index in [0.29, 0.717) is 43.6 Å². The Labute approximate surface area is 275 Å². The molecule has 9 nitrogen and oxygen atoms in total. The fraction of sp³-hybridized carbons (Fsp3) is 0.400. The summed E-state index contributed by atoms with van der Waals surface area (Å²) in [4.78, 5) is 14.6. The zero-order chi connectivity index (χ0) is 31.1. The fourth-order valence-electron chi connectivity index (χ4n) is 7.19. The van der Waals surface area contributed by atoms with Gasteiger partial charge in [0.15, 0.2) is 9.84 Å². The molecule has 0 spiro atoms. The Kier molecular flexibility index (Phi) is 9.23. The highest BCUT2D eigenvalue weighted by Gasteiger charge is 2.30. The third kappa shape index (κ3) is 6.18. The molecular weight excluding hydrogens is 626 g/mol. The maximum absolute atomic E-state index is 12.4. The van der Waals surface area contributed by atoms with Gasteiger partial charge in [-0.05, 0) is 66.8 Å². The standard InChI is InChI=1S/C35H39N3O6S.ClH/c1-45(40,41)27-9-12-30(37-13-16-42-17-14-37)25(19-27)22-44-26-8-11-29-32(21-26)43-18-15-38-31-20-24(35(36)39)7-10-28(31)33(34(29)38)23-5-3-2-4-6-23;/h7-12,19-21,23H,2-6,13-18,22H2,1H3,(H2,36,39);1H. The minimum Gasteiger partial charge on any atom is -0.491 e. The molecule has 1 aromatic heterocycles. The second kappa shape index (κ2) is 13.2. The highest BCUT2D eigenvalue weighted by Crippen LogP contribution is 2.48. The third-order valence-electron chi connectivity index (χ3n) is 9.41. The van der Waals surface area contributed by atoms with Crippen molar-refractivity contribution in [3.05, 3.63) is 71.3 Å². The summed E-state index contributed by atoms with van der Waals surface area (Å²) in [5, 5.41) is 1.18. The Morgan fingerprint density at radius 3 is 2.48 bits per heavy atom. The summed E-state index contributed by atoms with van der Waals surface area (Å²) in [6, 6.07) is 17.1. The van der Waals surface area contributed by atoms with Gasteiger partial charge < -0.3 is 29.4 Å². The van der Waals surface area contributed by atoms with Gasteiger partial charge in [0.1, 0.15) is 24.7 Å². The lowest BCUT2D eigenvalue weighted by Gasteiger charge is -2.30. The van der Waals surface area contributed by atoms with Crippen LogP contribution in [0, 0.1) is 0 Å². The number of nitrogens with zero attached hydrogens (tertiary/aromatic N) is 2. The quantitative estimate of drug-likeness (QED) is 0.254. The summed E-state index contributed by atoms with van der Waals surface area (Å²) in [6.45, 7) is 4.03. The summed E-state index contributed by atoms with van der Waals surface area (Å²) < 4.78 is 45.3. The number of nitrogens with two attached hydrogens (primary N) is 1. The number of morpholine rings is 1. The van der Waals surface area contributed by atoms with Gasteiger partial charge in [0.25, 0.3) is 0 Å². The number of anilines is 1. The first-order valence-corrected chi connectivity index (χ1v) is 17.7. The molecule has 46 heavy (non-hydrogen) atoms. The number of ether oxygens (including phenoxy) is 3. The summed E-state index contributed by atoms with van der Waals surface area (Å²) in [7, 11) is -3.38. The number of benzene rings is 3. The molecule has 11 heteroatoms. The van der Waals surface area contributed by atoms with Crippen LogP contribution in [-0.4, -0.2) is 58.1 Å². The van der Waals surface area contributed by atoms with Crippen molar-refractivity contribution in [2.24, 2.45) is 5.73 Å². The molecule has 0 radical (unpaired) electrons. The summed E-state index contributed by atoms with van der Waals surface area (Å²) >= 11 is 0. The normalized spacial score (nSPS) is 16.9. The monoisotopic (exact) mass is 665 g/mol.